The van der Waals surface area contributed by atoms with Gasteiger partial charge in [0.15, 0.2) is 0 Å². The van der Waals surface area contributed by atoms with Crippen LogP contribution in [0.3, 0.4) is 0 Å². The number of nitrogens with zero attached hydrogens (tertiary/aromatic N) is 3. The maximum absolute atomic E-state index is 12.8. The van der Waals surface area contributed by atoms with Crippen molar-refractivity contribution in [1.82, 2.24) is 19.7 Å². The molecule has 6 nitrogen and oxygen atoms in total. The van der Waals surface area contributed by atoms with E-state index in [4.69, 9.17) is 0 Å². The third kappa shape index (κ3) is 2.72. The first-order valence-corrected chi connectivity index (χ1v) is 8.95. The molecule has 0 spiro atoms. The van der Waals surface area contributed by atoms with E-state index in [9.17, 15) is 4.79 Å². The molecule has 5 aromatic rings. The van der Waals surface area contributed by atoms with Crippen molar-refractivity contribution in [2.45, 2.75) is 0 Å². The topological polar surface area (TPSA) is 75.6 Å². The number of nitrogens with one attached hydrogen (secondary N) is 2. The zero-order chi connectivity index (χ0) is 19.1. The van der Waals surface area contributed by atoms with E-state index >= 15 is 0 Å². The number of carbonyl (C=O) groups excluding carboxylic acids is 1. The number of anilines is 1. The lowest BCUT2D eigenvalue weighted by Crippen LogP contribution is -2.12. The number of H-pyrrole nitrogens is 1. The SMILES string of the molecule is Cn1ncc2c(C(=O)Nc3cnc4[nH]c(-c5ccccc5)cc4c3)cccc21. The summed E-state index contributed by atoms with van der Waals surface area (Å²) in [5, 5.41) is 8.95. The Labute approximate surface area is 160 Å². The molecule has 1 amide bonds. The third-order valence-electron chi connectivity index (χ3n) is 4.85. The van der Waals surface area contributed by atoms with Crippen molar-refractivity contribution in [3.05, 3.63) is 78.6 Å². The van der Waals surface area contributed by atoms with Crippen molar-refractivity contribution in [1.29, 1.82) is 0 Å². The summed E-state index contributed by atoms with van der Waals surface area (Å²) in [5.74, 6) is -0.182. The van der Waals surface area contributed by atoms with E-state index in [-0.39, 0.29) is 5.91 Å². The second-order valence-corrected chi connectivity index (χ2v) is 6.67. The Morgan fingerprint density at radius 1 is 1.04 bits per heavy atom. The summed E-state index contributed by atoms with van der Waals surface area (Å²) in [4.78, 5) is 20.6. The molecule has 136 valence electrons. The zero-order valence-electron chi connectivity index (χ0n) is 15.2. The Morgan fingerprint density at radius 3 is 2.75 bits per heavy atom. The van der Waals surface area contributed by atoms with Crippen LogP contribution in [0.25, 0.3) is 33.2 Å². The summed E-state index contributed by atoms with van der Waals surface area (Å²) < 4.78 is 1.75. The highest BCUT2D eigenvalue weighted by molar-refractivity contribution is 6.12. The fraction of sp³-hybridized carbons (Fsp3) is 0.0455. The lowest BCUT2D eigenvalue weighted by molar-refractivity contribution is 0.102. The highest BCUT2D eigenvalue weighted by Gasteiger charge is 2.13. The van der Waals surface area contributed by atoms with Crippen LogP contribution in [-0.4, -0.2) is 25.7 Å². The number of amides is 1. The van der Waals surface area contributed by atoms with Gasteiger partial charge >= 0.3 is 0 Å². The molecule has 0 saturated carbocycles. The standard InChI is InChI=1S/C22H17N5O/c1-27-20-9-5-8-17(18(20)13-24-27)22(28)25-16-10-15-11-19(26-21(15)23-12-16)14-6-3-2-4-7-14/h2-13H,1H3,(H,23,26)(H,25,28). The van der Waals surface area contributed by atoms with Gasteiger partial charge in [0.05, 0.1) is 29.2 Å². The Kier molecular flexibility index (Phi) is 3.69. The first-order valence-electron chi connectivity index (χ1n) is 8.95. The Morgan fingerprint density at radius 2 is 1.89 bits per heavy atom. The van der Waals surface area contributed by atoms with Crippen molar-refractivity contribution in [2.24, 2.45) is 7.05 Å². The largest absolute Gasteiger partial charge is 0.339 e. The summed E-state index contributed by atoms with van der Waals surface area (Å²) in [6.07, 6.45) is 3.37. The van der Waals surface area contributed by atoms with Crippen LogP contribution in [0, 0.1) is 0 Å². The van der Waals surface area contributed by atoms with E-state index in [1.165, 1.54) is 0 Å². The van der Waals surface area contributed by atoms with E-state index in [2.05, 4.69) is 20.4 Å². The molecular weight excluding hydrogens is 350 g/mol. The van der Waals surface area contributed by atoms with Crippen LogP contribution in [0.4, 0.5) is 5.69 Å². The molecule has 3 aromatic heterocycles. The smallest absolute Gasteiger partial charge is 0.256 e. The van der Waals surface area contributed by atoms with Gasteiger partial charge in [-0.1, -0.05) is 36.4 Å². The summed E-state index contributed by atoms with van der Waals surface area (Å²) in [6, 6.07) is 19.6. The minimum absolute atomic E-state index is 0.182. The Hall–Kier alpha value is -3.93. The first kappa shape index (κ1) is 16.3. The van der Waals surface area contributed by atoms with Gasteiger partial charge in [-0.2, -0.15) is 5.10 Å². The van der Waals surface area contributed by atoms with Crippen LogP contribution in [-0.2, 0) is 7.05 Å². The molecule has 28 heavy (non-hydrogen) atoms. The number of aryl methyl sites for hydroxylation is 1. The molecule has 0 atom stereocenters. The van der Waals surface area contributed by atoms with Gasteiger partial charge in [-0.15, -0.1) is 0 Å². The molecule has 0 saturated heterocycles. The molecule has 0 aliphatic rings. The average molecular weight is 367 g/mol. The van der Waals surface area contributed by atoms with Crippen LogP contribution in [0.1, 0.15) is 10.4 Å². The number of aromatic nitrogens is 4. The minimum atomic E-state index is -0.182. The molecule has 3 heterocycles. The second kappa shape index (κ2) is 6.35. The lowest BCUT2D eigenvalue weighted by atomic mass is 10.1. The predicted molar refractivity (Wildman–Crippen MR) is 110 cm³/mol. The molecule has 0 radical (unpaired) electrons. The van der Waals surface area contributed by atoms with Gasteiger partial charge in [-0.3, -0.25) is 9.48 Å². The number of hydrogen-bond donors (Lipinski definition) is 2. The van der Waals surface area contributed by atoms with E-state index in [1.807, 2.05) is 61.6 Å². The van der Waals surface area contributed by atoms with Crippen molar-refractivity contribution in [3.8, 4) is 11.3 Å². The number of aromatic amines is 1. The van der Waals surface area contributed by atoms with Gasteiger partial charge < -0.3 is 10.3 Å². The summed E-state index contributed by atoms with van der Waals surface area (Å²) in [5.41, 5.74) is 5.02. The van der Waals surface area contributed by atoms with E-state index in [1.54, 1.807) is 23.1 Å². The first-order chi connectivity index (χ1) is 13.7. The molecule has 0 aliphatic heterocycles. The van der Waals surface area contributed by atoms with Gasteiger partial charge in [0.25, 0.3) is 5.91 Å². The quantitative estimate of drug-likeness (QED) is 0.497. The summed E-state index contributed by atoms with van der Waals surface area (Å²) in [7, 11) is 1.86. The van der Waals surface area contributed by atoms with Crippen LogP contribution in [0.2, 0.25) is 0 Å². The molecule has 2 N–H and O–H groups in total. The monoisotopic (exact) mass is 367 g/mol. The van der Waals surface area contributed by atoms with Crippen LogP contribution < -0.4 is 5.32 Å². The Bertz CT molecular complexity index is 1320. The van der Waals surface area contributed by atoms with Crippen molar-refractivity contribution in [2.75, 3.05) is 5.32 Å². The molecule has 0 aliphatic carbocycles. The molecule has 2 aromatic carbocycles. The van der Waals surface area contributed by atoms with E-state index < -0.39 is 0 Å². The third-order valence-corrected chi connectivity index (χ3v) is 4.85. The number of rotatable bonds is 3. The normalized spacial score (nSPS) is 11.2. The van der Waals surface area contributed by atoms with Crippen molar-refractivity contribution < 1.29 is 4.79 Å². The molecule has 6 heteroatoms. The second-order valence-electron chi connectivity index (χ2n) is 6.67. The van der Waals surface area contributed by atoms with Crippen LogP contribution in [0.5, 0.6) is 0 Å². The van der Waals surface area contributed by atoms with E-state index in [0.29, 0.717) is 11.3 Å². The molecular formula is C22H17N5O. The van der Waals surface area contributed by atoms with Crippen LogP contribution in [0.15, 0.2) is 73.1 Å². The Balaban J connectivity index is 1.47. The van der Waals surface area contributed by atoms with E-state index in [0.717, 1.165) is 33.2 Å². The predicted octanol–water partition coefficient (Wildman–Crippen LogP) is 4.37. The van der Waals surface area contributed by atoms with Crippen molar-refractivity contribution >= 4 is 33.5 Å². The van der Waals surface area contributed by atoms with Gasteiger partial charge in [-0.05, 0) is 29.8 Å². The van der Waals surface area contributed by atoms with Gasteiger partial charge in [0.2, 0.25) is 0 Å². The molecule has 5 rings (SSSR count). The molecule has 0 fully saturated rings. The maximum atomic E-state index is 12.8. The highest BCUT2D eigenvalue weighted by Crippen LogP contribution is 2.25. The summed E-state index contributed by atoms with van der Waals surface area (Å²) in [6.45, 7) is 0. The number of fused-ring (bicyclic) bond motifs is 2. The number of benzene rings is 2. The summed E-state index contributed by atoms with van der Waals surface area (Å²) >= 11 is 0. The fourth-order valence-corrected chi connectivity index (χ4v) is 3.43. The minimum Gasteiger partial charge on any atom is -0.339 e. The number of hydrogen-bond acceptors (Lipinski definition) is 3. The lowest BCUT2D eigenvalue weighted by Gasteiger charge is -2.06. The highest BCUT2D eigenvalue weighted by atomic mass is 16.1. The van der Waals surface area contributed by atoms with Crippen molar-refractivity contribution in [3.63, 3.8) is 0 Å². The number of pyridine rings is 1. The zero-order valence-corrected chi connectivity index (χ0v) is 15.2. The average Bonchev–Trinajstić information content (AvgIpc) is 3.32. The molecule has 0 bridgehead atoms. The van der Waals surface area contributed by atoms with Gasteiger partial charge in [0.1, 0.15) is 5.65 Å². The fourth-order valence-electron chi connectivity index (χ4n) is 3.43. The molecule has 0 unspecified atom stereocenters. The number of carbonyl (C=O) groups is 1. The van der Waals surface area contributed by atoms with Crippen LogP contribution >= 0.6 is 0 Å². The van der Waals surface area contributed by atoms with Gasteiger partial charge in [0, 0.05) is 23.5 Å². The van der Waals surface area contributed by atoms with Gasteiger partial charge in [-0.25, -0.2) is 4.98 Å². The maximum Gasteiger partial charge on any atom is 0.256 e.